The fraction of sp³-hybridized carbons (Fsp3) is 0.138. The van der Waals surface area contributed by atoms with Crippen molar-refractivity contribution in [3.05, 3.63) is 101 Å². The average Bonchev–Trinajstić information content (AvgIpc) is 3.31. The average molecular weight is 526 g/mol. The minimum absolute atomic E-state index is 0.128. The maximum absolute atomic E-state index is 12.6. The largest absolute Gasteiger partial charge is 0.496 e. The van der Waals surface area contributed by atoms with E-state index in [9.17, 15) is 4.79 Å². The van der Waals surface area contributed by atoms with Gasteiger partial charge in [-0.25, -0.2) is 9.77 Å². The number of carbonyl (C=O) groups is 1. The number of hydrogen-bond acceptors (Lipinski definition) is 6. The van der Waals surface area contributed by atoms with Gasteiger partial charge in [-0.05, 0) is 60.2 Å². The number of amides is 1. The summed E-state index contributed by atoms with van der Waals surface area (Å²) >= 11 is 5.51. The topological polar surface area (TPSA) is 93.2 Å². The monoisotopic (exact) mass is 525 g/mol. The van der Waals surface area contributed by atoms with Crippen LogP contribution in [0, 0.1) is 11.7 Å². The molecule has 0 saturated carbocycles. The Bertz CT molecular complexity index is 1640. The number of aryl methyl sites for hydroxylation is 1. The summed E-state index contributed by atoms with van der Waals surface area (Å²) in [6.45, 7) is 2.24. The molecule has 0 unspecified atom stereocenters. The molecule has 1 amide bonds. The van der Waals surface area contributed by atoms with Crippen molar-refractivity contribution in [3.63, 3.8) is 0 Å². The molecular weight excluding hydrogens is 498 g/mol. The van der Waals surface area contributed by atoms with Crippen LogP contribution in [0.5, 0.6) is 11.5 Å². The van der Waals surface area contributed by atoms with Crippen molar-refractivity contribution in [1.29, 1.82) is 0 Å². The van der Waals surface area contributed by atoms with Gasteiger partial charge in [-0.15, -0.1) is 0 Å². The van der Waals surface area contributed by atoms with Crippen LogP contribution in [-0.4, -0.2) is 34.5 Å². The number of aromatic nitrogens is 3. The summed E-state index contributed by atoms with van der Waals surface area (Å²) in [4.78, 5) is 12.6. The highest BCUT2D eigenvalue weighted by molar-refractivity contribution is 7.71. The third kappa shape index (κ3) is 5.37. The second kappa shape index (κ2) is 11.2. The van der Waals surface area contributed by atoms with Crippen LogP contribution in [0.2, 0.25) is 0 Å². The number of fused-ring (bicyclic) bond motifs is 1. The minimum Gasteiger partial charge on any atom is -0.496 e. The van der Waals surface area contributed by atoms with E-state index in [1.165, 1.54) is 0 Å². The highest BCUT2D eigenvalue weighted by atomic mass is 32.1. The Balaban J connectivity index is 1.40. The molecule has 8 nitrogen and oxygen atoms in total. The van der Waals surface area contributed by atoms with Crippen molar-refractivity contribution in [2.75, 3.05) is 24.5 Å². The molecule has 1 aromatic heterocycles. The molecule has 5 aromatic rings. The lowest BCUT2D eigenvalue weighted by molar-refractivity contribution is -0.118. The Morgan fingerprint density at radius 1 is 0.974 bits per heavy atom. The van der Waals surface area contributed by atoms with E-state index in [4.69, 9.17) is 21.7 Å². The van der Waals surface area contributed by atoms with E-state index in [1.54, 1.807) is 11.8 Å². The standard InChI is InChI=1S/C29H27N5O3S/c1-19-11-14-21(15-12-19)31-27(35)18-37-26-16-13-20-7-3-4-8-22(20)24(26)17-30-34-28(32-33-29(34)38)23-9-5-6-10-25(23)36-2/h3-16,30H,17-18H2,1-2H3,(H,31,35)(H,33,38). The Hall–Kier alpha value is -4.63. The zero-order valence-corrected chi connectivity index (χ0v) is 21.8. The Kier molecular flexibility index (Phi) is 7.37. The number of carbonyl (C=O) groups excluding carboxylic acids is 1. The van der Waals surface area contributed by atoms with Crippen molar-refractivity contribution in [2.45, 2.75) is 13.5 Å². The zero-order chi connectivity index (χ0) is 26.5. The van der Waals surface area contributed by atoms with Crippen molar-refractivity contribution in [2.24, 2.45) is 0 Å². The van der Waals surface area contributed by atoms with Crippen LogP contribution in [0.3, 0.4) is 0 Å². The number of hydrogen-bond donors (Lipinski definition) is 3. The molecule has 0 radical (unpaired) electrons. The van der Waals surface area contributed by atoms with Crippen LogP contribution in [-0.2, 0) is 11.3 Å². The van der Waals surface area contributed by atoms with Crippen molar-refractivity contribution in [3.8, 4) is 22.9 Å². The molecule has 0 saturated heterocycles. The van der Waals surface area contributed by atoms with Crippen molar-refractivity contribution in [1.82, 2.24) is 14.9 Å². The van der Waals surface area contributed by atoms with E-state index in [1.807, 2.05) is 91.9 Å². The van der Waals surface area contributed by atoms with Crippen LogP contribution >= 0.6 is 12.2 Å². The van der Waals surface area contributed by atoms with Crippen molar-refractivity contribution < 1.29 is 14.3 Å². The number of benzene rings is 4. The van der Waals surface area contributed by atoms with E-state index in [0.29, 0.717) is 28.6 Å². The van der Waals surface area contributed by atoms with Gasteiger partial charge in [-0.3, -0.25) is 4.79 Å². The van der Waals surface area contributed by atoms with Crippen molar-refractivity contribution >= 4 is 34.6 Å². The normalized spacial score (nSPS) is 10.8. The first-order valence-corrected chi connectivity index (χ1v) is 12.5. The summed E-state index contributed by atoms with van der Waals surface area (Å²) in [5.41, 5.74) is 6.90. The number of H-pyrrole nitrogens is 1. The molecule has 0 bridgehead atoms. The van der Waals surface area contributed by atoms with Crippen LogP contribution in [0.15, 0.2) is 84.9 Å². The second-order valence-corrected chi connectivity index (χ2v) is 9.08. The maximum atomic E-state index is 12.6. The first kappa shape index (κ1) is 25.0. The molecular formula is C29H27N5O3S. The number of methoxy groups -OCH3 is 1. The molecule has 1 heterocycles. The van der Waals surface area contributed by atoms with Gasteiger partial charge in [0.05, 0.1) is 19.2 Å². The van der Waals surface area contributed by atoms with Gasteiger partial charge in [0.2, 0.25) is 4.77 Å². The Labute approximate surface area is 225 Å². The second-order valence-electron chi connectivity index (χ2n) is 8.69. The molecule has 192 valence electrons. The van der Waals surface area contributed by atoms with Gasteiger partial charge >= 0.3 is 0 Å². The summed E-state index contributed by atoms with van der Waals surface area (Å²) in [6, 6.07) is 27.1. The van der Waals surface area contributed by atoms with Gasteiger partial charge in [0.15, 0.2) is 12.4 Å². The number of nitrogens with zero attached hydrogens (tertiary/aromatic N) is 2. The molecule has 0 atom stereocenters. The maximum Gasteiger partial charge on any atom is 0.262 e. The fourth-order valence-corrected chi connectivity index (χ4v) is 4.42. The number of nitrogens with one attached hydrogen (secondary N) is 3. The summed E-state index contributed by atoms with van der Waals surface area (Å²) in [7, 11) is 1.62. The molecule has 0 fully saturated rings. The summed E-state index contributed by atoms with van der Waals surface area (Å²) in [6.07, 6.45) is 0. The summed E-state index contributed by atoms with van der Waals surface area (Å²) < 4.78 is 13.7. The lowest BCUT2D eigenvalue weighted by Gasteiger charge is -2.17. The fourth-order valence-electron chi connectivity index (χ4n) is 4.22. The van der Waals surface area contributed by atoms with Gasteiger partial charge < -0.3 is 20.2 Å². The molecule has 0 spiro atoms. The molecule has 0 aliphatic heterocycles. The van der Waals surface area contributed by atoms with E-state index >= 15 is 0 Å². The summed E-state index contributed by atoms with van der Waals surface area (Å²) in [5, 5.41) is 12.2. The molecule has 5 rings (SSSR count). The predicted molar refractivity (Wildman–Crippen MR) is 152 cm³/mol. The predicted octanol–water partition coefficient (Wildman–Crippen LogP) is 5.84. The van der Waals surface area contributed by atoms with Crippen LogP contribution in [0.25, 0.3) is 22.2 Å². The lowest BCUT2D eigenvalue weighted by Crippen LogP contribution is -2.21. The molecule has 0 aliphatic rings. The summed E-state index contributed by atoms with van der Waals surface area (Å²) in [5.74, 6) is 1.63. The molecule has 0 aliphatic carbocycles. The highest BCUT2D eigenvalue weighted by Gasteiger charge is 2.16. The Morgan fingerprint density at radius 2 is 1.74 bits per heavy atom. The van der Waals surface area contributed by atoms with E-state index in [2.05, 4.69) is 20.9 Å². The number of anilines is 1. The Morgan fingerprint density at radius 3 is 2.55 bits per heavy atom. The number of aromatic amines is 1. The van der Waals surface area contributed by atoms with Gasteiger partial charge in [0.1, 0.15) is 11.5 Å². The smallest absolute Gasteiger partial charge is 0.262 e. The zero-order valence-electron chi connectivity index (χ0n) is 21.0. The van der Waals surface area contributed by atoms with Gasteiger partial charge in [0.25, 0.3) is 5.91 Å². The number of para-hydroxylation sites is 1. The lowest BCUT2D eigenvalue weighted by atomic mass is 10.0. The third-order valence-corrected chi connectivity index (χ3v) is 6.40. The quantitative estimate of drug-likeness (QED) is 0.209. The van der Waals surface area contributed by atoms with Crippen LogP contribution in [0.1, 0.15) is 11.1 Å². The highest BCUT2D eigenvalue weighted by Crippen LogP contribution is 2.30. The van der Waals surface area contributed by atoms with Crippen LogP contribution in [0.4, 0.5) is 5.69 Å². The van der Waals surface area contributed by atoms with Gasteiger partial charge in [0, 0.05) is 11.3 Å². The third-order valence-electron chi connectivity index (χ3n) is 6.13. The van der Waals surface area contributed by atoms with Gasteiger partial charge in [-0.1, -0.05) is 60.2 Å². The molecule has 38 heavy (non-hydrogen) atoms. The van der Waals surface area contributed by atoms with E-state index < -0.39 is 0 Å². The van der Waals surface area contributed by atoms with E-state index in [0.717, 1.165) is 33.2 Å². The van der Waals surface area contributed by atoms with Gasteiger partial charge in [-0.2, -0.15) is 5.10 Å². The minimum atomic E-state index is -0.239. The molecule has 4 aromatic carbocycles. The molecule has 3 N–H and O–H groups in total. The first-order valence-electron chi connectivity index (χ1n) is 12.1. The SMILES string of the molecule is COc1ccccc1-c1n[nH]c(=S)n1NCc1c(OCC(=O)Nc2ccc(C)cc2)ccc2ccccc12. The number of rotatable bonds is 9. The first-order chi connectivity index (χ1) is 18.5. The number of ether oxygens (including phenoxy) is 2. The van der Waals surface area contributed by atoms with Crippen LogP contribution < -0.4 is 20.2 Å². The van der Waals surface area contributed by atoms with E-state index in [-0.39, 0.29) is 12.5 Å². The molecule has 9 heteroatoms.